The molecule has 2 saturated heterocycles. The Labute approximate surface area is 217 Å². The molecular formula is C28H23N3O7. The van der Waals surface area contributed by atoms with E-state index in [9.17, 15) is 29.3 Å². The fourth-order valence-corrected chi connectivity index (χ4v) is 6.97. The van der Waals surface area contributed by atoms with Gasteiger partial charge in [0.25, 0.3) is 5.69 Å². The predicted molar refractivity (Wildman–Crippen MR) is 133 cm³/mol. The normalized spacial score (nSPS) is 32.4. The molecule has 0 radical (unpaired) electrons. The van der Waals surface area contributed by atoms with E-state index in [4.69, 9.17) is 4.74 Å². The Bertz CT molecular complexity index is 1410. The van der Waals surface area contributed by atoms with Gasteiger partial charge < -0.3 is 9.64 Å². The SMILES string of the molecule is O=C(Oc1cccc(N2C(=O)[C@@H]3[C@H]4C=C[C@@H]([C@@H]5C[C@H]45)[C@@H]3C2=O)c1)[C@@H]1CC(=O)N(c2ccc([N+](=O)[O-])cc2)C1. The Kier molecular flexibility index (Phi) is 4.85. The highest BCUT2D eigenvalue weighted by Gasteiger charge is 2.67. The molecule has 6 aliphatic rings. The van der Waals surface area contributed by atoms with Gasteiger partial charge in [-0.25, -0.2) is 4.90 Å². The third-order valence-electron chi connectivity index (χ3n) is 8.79. The second-order valence-corrected chi connectivity index (χ2v) is 10.8. The molecule has 192 valence electrons. The Balaban J connectivity index is 1.06. The van der Waals surface area contributed by atoms with E-state index in [1.807, 2.05) is 0 Å². The number of rotatable bonds is 5. The van der Waals surface area contributed by atoms with Crippen LogP contribution in [0.1, 0.15) is 12.8 Å². The lowest BCUT2D eigenvalue weighted by Crippen LogP contribution is -2.40. The molecule has 2 aromatic carbocycles. The molecule has 0 aromatic heterocycles. The summed E-state index contributed by atoms with van der Waals surface area (Å²) in [5.41, 5.74) is 0.750. The van der Waals surface area contributed by atoms with E-state index in [1.165, 1.54) is 40.1 Å². The number of benzene rings is 2. The molecule has 0 N–H and O–H groups in total. The van der Waals surface area contributed by atoms with Crippen LogP contribution in [0, 0.1) is 51.5 Å². The van der Waals surface area contributed by atoms with Gasteiger partial charge in [-0.1, -0.05) is 18.2 Å². The van der Waals surface area contributed by atoms with Crippen molar-refractivity contribution >= 4 is 40.8 Å². The number of non-ortho nitro benzene ring substituents is 1. The quantitative estimate of drug-likeness (QED) is 0.150. The summed E-state index contributed by atoms with van der Waals surface area (Å²) >= 11 is 0. The minimum absolute atomic E-state index is 0.0555. The smallest absolute Gasteiger partial charge is 0.316 e. The van der Waals surface area contributed by atoms with Crippen LogP contribution in [0.15, 0.2) is 60.7 Å². The molecule has 3 amide bonds. The van der Waals surface area contributed by atoms with E-state index in [0.717, 1.165) is 6.42 Å². The van der Waals surface area contributed by atoms with Crippen molar-refractivity contribution in [2.24, 2.45) is 41.4 Å². The van der Waals surface area contributed by atoms with Crippen molar-refractivity contribution < 1.29 is 28.8 Å². The maximum atomic E-state index is 13.4. The molecule has 2 bridgehead atoms. The summed E-state index contributed by atoms with van der Waals surface area (Å²) in [5.74, 6) is -1.18. The van der Waals surface area contributed by atoms with Gasteiger partial charge >= 0.3 is 5.97 Å². The van der Waals surface area contributed by atoms with Crippen molar-refractivity contribution in [2.45, 2.75) is 12.8 Å². The maximum absolute atomic E-state index is 13.4. The minimum atomic E-state index is -0.729. The van der Waals surface area contributed by atoms with E-state index >= 15 is 0 Å². The molecule has 2 heterocycles. The second kappa shape index (κ2) is 8.08. The van der Waals surface area contributed by atoms with E-state index in [1.54, 1.807) is 18.2 Å². The number of hydrogen-bond acceptors (Lipinski definition) is 7. The van der Waals surface area contributed by atoms with Gasteiger partial charge in [0.15, 0.2) is 0 Å². The van der Waals surface area contributed by atoms with Gasteiger partial charge in [0.05, 0.1) is 28.4 Å². The summed E-state index contributed by atoms with van der Waals surface area (Å²) < 4.78 is 5.58. The number of esters is 1. The number of hydrogen-bond donors (Lipinski definition) is 0. The highest BCUT2D eigenvalue weighted by molar-refractivity contribution is 6.22. The van der Waals surface area contributed by atoms with Crippen LogP contribution in [-0.4, -0.2) is 35.2 Å². The molecule has 2 aliphatic heterocycles. The van der Waals surface area contributed by atoms with Crippen molar-refractivity contribution in [1.29, 1.82) is 0 Å². The highest BCUT2D eigenvalue weighted by Crippen LogP contribution is 2.65. The molecule has 0 unspecified atom stereocenters. The van der Waals surface area contributed by atoms with E-state index < -0.39 is 16.8 Å². The fraction of sp³-hybridized carbons (Fsp3) is 0.357. The maximum Gasteiger partial charge on any atom is 0.316 e. The summed E-state index contributed by atoms with van der Waals surface area (Å²) in [6, 6.07) is 11.9. The number of nitrogens with zero attached hydrogens (tertiary/aromatic N) is 3. The number of anilines is 2. The second-order valence-electron chi connectivity index (χ2n) is 10.8. The van der Waals surface area contributed by atoms with Crippen LogP contribution in [0.3, 0.4) is 0 Å². The van der Waals surface area contributed by atoms with E-state index in [2.05, 4.69) is 12.2 Å². The lowest BCUT2D eigenvalue weighted by molar-refractivity contribution is -0.384. The number of ether oxygens (including phenoxy) is 1. The van der Waals surface area contributed by atoms with Crippen LogP contribution in [-0.2, 0) is 19.2 Å². The topological polar surface area (TPSA) is 127 Å². The molecule has 2 saturated carbocycles. The van der Waals surface area contributed by atoms with Crippen LogP contribution in [0.25, 0.3) is 0 Å². The van der Waals surface area contributed by atoms with Gasteiger partial charge in [0.1, 0.15) is 5.75 Å². The largest absolute Gasteiger partial charge is 0.426 e. The van der Waals surface area contributed by atoms with Crippen LogP contribution < -0.4 is 14.5 Å². The molecule has 8 rings (SSSR count). The number of amides is 3. The highest BCUT2D eigenvalue weighted by atomic mass is 16.6. The molecule has 4 aliphatic carbocycles. The molecular weight excluding hydrogens is 490 g/mol. The summed E-state index contributed by atoms with van der Waals surface area (Å²) in [5, 5.41) is 10.9. The van der Waals surface area contributed by atoms with Crippen LogP contribution >= 0.6 is 0 Å². The number of imide groups is 1. The summed E-state index contributed by atoms with van der Waals surface area (Å²) in [6.45, 7) is 0.0831. The number of carbonyl (C=O) groups excluding carboxylic acids is 4. The Morgan fingerprint density at radius 2 is 1.58 bits per heavy atom. The molecule has 0 spiro atoms. The molecule has 7 atom stereocenters. The first kappa shape index (κ1) is 22.8. The standard InChI is InChI=1S/C28H23N3O7/c32-23-10-14(13-29(23)15-4-6-16(7-5-15)31(36)37)28(35)38-18-3-1-2-17(11-18)30-26(33)24-19-8-9-20(22-12-21(19)22)25(24)27(30)34/h1-9,11,14,19-22,24-25H,10,12-13H2/t14-,19+,20+,21-,22+,24-,25+/m1/s1. The van der Waals surface area contributed by atoms with Crippen LogP contribution in [0.4, 0.5) is 17.1 Å². The van der Waals surface area contributed by atoms with Crippen LogP contribution in [0.5, 0.6) is 5.75 Å². The zero-order valence-electron chi connectivity index (χ0n) is 20.1. The van der Waals surface area contributed by atoms with E-state index in [-0.39, 0.29) is 65.8 Å². The van der Waals surface area contributed by atoms with Crippen molar-refractivity contribution in [3.05, 3.63) is 70.8 Å². The first-order valence-electron chi connectivity index (χ1n) is 12.7. The summed E-state index contributed by atoms with van der Waals surface area (Å²) in [7, 11) is 0. The van der Waals surface area contributed by atoms with Gasteiger partial charge in [-0.05, 0) is 54.4 Å². The average Bonchev–Trinajstić information content (AvgIpc) is 3.59. The minimum Gasteiger partial charge on any atom is -0.426 e. The summed E-state index contributed by atoms with van der Waals surface area (Å²) in [6.07, 6.45) is 5.28. The Morgan fingerprint density at radius 1 is 0.921 bits per heavy atom. The number of allylic oxidation sites excluding steroid dienone is 2. The van der Waals surface area contributed by atoms with Gasteiger partial charge in [0.2, 0.25) is 17.7 Å². The van der Waals surface area contributed by atoms with Crippen molar-refractivity contribution in [3.63, 3.8) is 0 Å². The first-order chi connectivity index (χ1) is 18.3. The van der Waals surface area contributed by atoms with Crippen molar-refractivity contribution in [1.82, 2.24) is 0 Å². The molecule has 10 heteroatoms. The third-order valence-corrected chi connectivity index (χ3v) is 8.79. The predicted octanol–water partition coefficient (Wildman–Crippen LogP) is 3.11. The van der Waals surface area contributed by atoms with Gasteiger partial charge in [-0.15, -0.1) is 0 Å². The number of carbonyl (C=O) groups is 4. The number of nitro groups is 1. The first-order valence-corrected chi connectivity index (χ1v) is 12.7. The third kappa shape index (κ3) is 3.32. The van der Waals surface area contributed by atoms with Crippen LogP contribution in [0.2, 0.25) is 0 Å². The van der Waals surface area contributed by atoms with Crippen molar-refractivity contribution in [2.75, 3.05) is 16.3 Å². The fourth-order valence-electron chi connectivity index (χ4n) is 6.97. The summed E-state index contributed by atoms with van der Waals surface area (Å²) in [4.78, 5) is 65.3. The lowest BCUT2D eigenvalue weighted by atomic mass is 9.63. The van der Waals surface area contributed by atoms with Gasteiger partial charge in [0, 0.05) is 36.9 Å². The number of nitro benzene ring substituents is 1. The van der Waals surface area contributed by atoms with Gasteiger partial charge in [-0.2, -0.15) is 0 Å². The zero-order chi connectivity index (χ0) is 26.3. The molecule has 38 heavy (non-hydrogen) atoms. The average molecular weight is 514 g/mol. The lowest BCUT2D eigenvalue weighted by Gasteiger charge is -2.37. The Morgan fingerprint density at radius 3 is 2.21 bits per heavy atom. The monoisotopic (exact) mass is 513 g/mol. The molecule has 10 nitrogen and oxygen atoms in total. The molecule has 4 fully saturated rings. The van der Waals surface area contributed by atoms with E-state index in [0.29, 0.717) is 23.2 Å². The Hall–Kier alpha value is -4.34. The molecule has 2 aromatic rings. The zero-order valence-corrected chi connectivity index (χ0v) is 20.1. The van der Waals surface area contributed by atoms with Gasteiger partial charge in [-0.3, -0.25) is 29.3 Å². The van der Waals surface area contributed by atoms with Crippen molar-refractivity contribution in [3.8, 4) is 5.75 Å².